The minimum Gasteiger partial charge on any atom is -0.368 e. The number of carbonyl (C=O) groups is 1. The van der Waals surface area contributed by atoms with E-state index in [0.717, 1.165) is 6.42 Å². The van der Waals surface area contributed by atoms with Gasteiger partial charge in [0.2, 0.25) is 5.91 Å². The van der Waals surface area contributed by atoms with Gasteiger partial charge in [-0.1, -0.05) is 0 Å². The molecular formula is C5H13N3O2. The number of rotatable bonds is 6. The number of primary amides is 1. The number of nitrogens with two attached hydrogens (primary N) is 2. The second kappa shape index (κ2) is 6.47. The van der Waals surface area contributed by atoms with E-state index in [4.69, 9.17) is 11.5 Å². The summed E-state index contributed by atoms with van der Waals surface area (Å²) in [6.45, 7) is 1.15. The summed E-state index contributed by atoms with van der Waals surface area (Å²) in [6, 6.07) is 0. The number of hydrogen-bond acceptors (Lipinski definition) is 4. The van der Waals surface area contributed by atoms with E-state index < -0.39 is 5.91 Å². The second-order valence-corrected chi connectivity index (χ2v) is 1.79. The maximum atomic E-state index is 10.1. The number of nitrogens with one attached hydrogen (secondary N) is 1. The normalized spacial score (nSPS) is 9.70. The highest BCUT2D eigenvalue weighted by Gasteiger charge is 1.91. The van der Waals surface area contributed by atoms with Crippen LogP contribution in [0.3, 0.4) is 0 Å². The van der Waals surface area contributed by atoms with Crippen LogP contribution in [0, 0.1) is 0 Å². The lowest BCUT2D eigenvalue weighted by Crippen LogP contribution is -2.26. The molecule has 0 aliphatic rings. The lowest BCUT2D eigenvalue weighted by molar-refractivity contribution is -0.125. The minimum absolute atomic E-state index is 0.0927. The van der Waals surface area contributed by atoms with E-state index in [1.807, 2.05) is 0 Å². The molecule has 1 amide bonds. The van der Waals surface area contributed by atoms with Gasteiger partial charge in [-0.15, -0.1) is 0 Å². The van der Waals surface area contributed by atoms with E-state index in [1.165, 1.54) is 0 Å². The van der Waals surface area contributed by atoms with Crippen LogP contribution in [-0.2, 0) is 9.63 Å². The summed E-state index contributed by atoms with van der Waals surface area (Å²) in [5, 5.41) is 0. The molecule has 0 heterocycles. The molecular weight excluding hydrogens is 134 g/mol. The van der Waals surface area contributed by atoms with Gasteiger partial charge in [0.15, 0.2) is 0 Å². The second-order valence-electron chi connectivity index (χ2n) is 1.79. The Morgan fingerprint density at radius 1 is 1.60 bits per heavy atom. The van der Waals surface area contributed by atoms with Crippen LogP contribution in [0.15, 0.2) is 0 Å². The Morgan fingerprint density at radius 3 is 2.80 bits per heavy atom. The highest BCUT2D eigenvalue weighted by atomic mass is 16.6. The van der Waals surface area contributed by atoms with E-state index in [2.05, 4.69) is 10.3 Å². The topological polar surface area (TPSA) is 90.4 Å². The van der Waals surface area contributed by atoms with Crippen molar-refractivity contribution < 1.29 is 9.63 Å². The molecule has 0 fully saturated rings. The number of hydrogen-bond donors (Lipinski definition) is 3. The molecule has 0 rings (SSSR count). The standard InChI is InChI=1S/C5H13N3O2/c6-2-1-3-8-10-4-5(7)9/h8H,1-4,6H2,(H2,7,9). The van der Waals surface area contributed by atoms with Gasteiger partial charge < -0.3 is 11.5 Å². The van der Waals surface area contributed by atoms with Gasteiger partial charge in [-0.05, 0) is 13.0 Å². The van der Waals surface area contributed by atoms with Crippen molar-refractivity contribution in [2.24, 2.45) is 11.5 Å². The first-order chi connectivity index (χ1) is 4.77. The molecule has 0 unspecified atom stereocenters. The molecule has 0 atom stereocenters. The molecule has 0 aromatic heterocycles. The van der Waals surface area contributed by atoms with Gasteiger partial charge in [-0.25, -0.2) is 5.48 Å². The maximum Gasteiger partial charge on any atom is 0.245 e. The zero-order valence-corrected chi connectivity index (χ0v) is 5.80. The van der Waals surface area contributed by atoms with Crippen molar-refractivity contribution >= 4 is 5.91 Å². The van der Waals surface area contributed by atoms with Crippen molar-refractivity contribution in [3.8, 4) is 0 Å². The predicted octanol–water partition coefficient (Wildman–Crippen LogP) is -1.66. The summed E-state index contributed by atoms with van der Waals surface area (Å²) >= 11 is 0. The van der Waals surface area contributed by atoms with Crippen LogP contribution in [0.4, 0.5) is 0 Å². The Balaban J connectivity index is 2.84. The van der Waals surface area contributed by atoms with Crippen molar-refractivity contribution in [2.75, 3.05) is 19.7 Å². The van der Waals surface area contributed by atoms with Gasteiger partial charge >= 0.3 is 0 Å². The Labute approximate surface area is 59.7 Å². The summed E-state index contributed by atoms with van der Waals surface area (Å²) in [7, 11) is 0. The minimum atomic E-state index is -0.486. The molecule has 5 heteroatoms. The first kappa shape index (κ1) is 9.35. The van der Waals surface area contributed by atoms with Crippen LogP contribution in [0.2, 0.25) is 0 Å². The number of amides is 1. The maximum absolute atomic E-state index is 10.1. The quantitative estimate of drug-likeness (QED) is 0.310. The Kier molecular flexibility index (Phi) is 6.05. The molecule has 5 nitrogen and oxygen atoms in total. The highest BCUT2D eigenvalue weighted by molar-refractivity contribution is 5.74. The molecule has 0 aliphatic heterocycles. The smallest absolute Gasteiger partial charge is 0.245 e. The third-order valence-corrected chi connectivity index (χ3v) is 0.799. The highest BCUT2D eigenvalue weighted by Crippen LogP contribution is 1.70. The van der Waals surface area contributed by atoms with Crippen LogP contribution >= 0.6 is 0 Å². The summed E-state index contributed by atoms with van der Waals surface area (Å²) in [5.74, 6) is -0.486. The molecule has 60 valence electrons. The van der Waals surface area contributed by atoms with Crippen LogP contribution in [0.5, 0.6) is 0 Å². The zero-order valence-electron chi connectivity index (χ0n) is 5.80. The predicted molar refractivity (Wildman–Crippen MR) is 36.8 cm³/mol. The molecule has 0 bridgehead atoms. The van der Waals surface area contributed by atoms with Gasteiger partial charge in [0.25, 0.3) is 0 Å². The first-order valence-electron chi connectivity index (χ1n) is 3.10. The van der Waals surface area contributed by atoms with Crippen molar-refractivity contribution in [1.82, 2.24) is 5.48 Å². The third-order valence-electron chi connectivity index (χ3n) is 0.799. The van der Waals surface area contributed by atoms with E-state index in [0.29, 0.717) is 13.1 Å². The third kappa shape index (κ3) is 7.35. The zero-order chi connectivity index (χ0) is 7.82. The molecule has 0 saturated carbocycles. The summed E-state index contributed by atoms with van der Waals surface area (Å²) in [6.07, 6.45) is 0.818. The monoisotopic (exact) mass is 147 g/mol. The van der Waals surface area contributed by atoms with E-state index in [9.17, 15) is 4.79 Å². The fourth-order valence-electron chi connectivity index (χ4n) is 0.369. The van der Waals surface area contributed by atoms with Gasteiger partial charge in [0, 0.05) is 6.54 Å². The van der Waals surface area contributed by atoms with Crippen LogP contribution in [0.1, 0.15) is 6.42 Å². The average molecular weight is 147 g/mol. The fourth-order valence-corrected chi connectivity index (χ4v) is 0.369. The summed E-state index contributed by atoms with van der Waals surface area (Å²) in [5.41, 5.74) is 12.5. The largest absolute Gasteiger partial charge is 0.368 e. The van der Waals surface area contributed by atoms with Crippen molar-refractivity contribution in [2.45, 2.75) is 6.42 Å². The number of carbonyl (C=O) groups excluding carboxylic acids is 1. The van der Waals surface area contributed by atoms with Crippen LogP contribution in [-0.4, -0.2) is 25.6 Å². The van der Waals surface area contributed by atoms with E-state index >= 15 is 0 Å². The Bertz CT molecular complexity index is 96.9. The molecule has 0 spiro atoms. The molecule has 0 saturated heterocycles. The van der Waals surface area contributed by atoms with Crippen LogP contribution in [0.25, 0.3) is 0 Å². The lowest BCUT2D eigenvalue weighted by atomic mass is 10.4. The molecule has 0 aromatic carbocycles. The van der Waals surface area contributed by atoms with Crippen molar-refractivity contribution in [3.05, 3.63) is 0 Å². The molecule has 10 heavy (non-hydrogen) atoms. The van der Waals surface area contributed by atoms with Crippen LogP contribution < -0.4 is 16.9 Å². The Morgan fingerprint density at radius 2 is 2.30 bits per heavy atom. The first-order valence-corrected chi connectivity index (χ1v) is 3.10. The molecule has 0 aliphatic carbocycles. The van der Waals surface area contributed by atoms with Gasteiger partial charge in [0.1, 0.15) is 6.61 Å². The molecule has 5 N–H and O–H groups in total. The Hall–Kier alpha value is -0.650. The SMILES string of the molecule is NCCCNOCC(N)=O. The van der Waals surface area contributed by atoms with Gasteiger partial charge in [0.05, 0.1) is 0 Å². The van der Waals surface area contributed by atoms with Crippen molar-refractivity contribution in [3.63, 3.8) is 0 Å². The summed E-state index contributed by atoms with van der Waals surface area (Å²) in [4.78, 5) is 14.7. The van der Waals surface area contributed by atoms with E-state index in [1.54, 1.807) is 0 Å². The fraction of sp³-hybridized carbons (Fsp3) is 0.800. The van der Waals surface area contributed by atoms with Gasteiger partial charge in [-0.2, -0.15) is 0 Å². The molecule has 0 aromatic rings. The van der Waals surface area contributed by atoms with Crippen molar-refractivity contribution in [1.29, 1.82) is 0 Å². The number of hydroxylamine groups is 1. The lowest BCUT2D eigenvalue weighted by Gasteiger charge is -2.00. The summed E-state index contributed by atoms with van der Waals surface area (Å²) < 4.78 is 0. The molecule has 0 radical (unpaired) electrons. The van der Waals surface area contributed by atoms with Gasteiger partial charge in [-0.3, -0.25) is 9.63 Å². The van der Waals surface area contributed by atoms with E-state index in [-0.39, 0.29) is 6.61 Å². The average Bonchev–Trinajstić information content (AvgIpc) is 1.87.